The number of nitrogens with one attached hydrogen (secondary N) is 1. The zero-order chi connectivity index (χ0) is 12.7. The largest absolute Gasteiger partial charge is 0.491 e. The zero-order valence-electron chi connectivity index (χ0n) is 10.4. The molecule has 0 aliphatic carbocycles. The van der Waals surface area contributed by atoms with Crippen LogP contribution < -0.4 is 10.5 Å². The Labute approximate surface area is 102 Å². The lowest BCUT2D eigenvalue weighted by Crippen LogP contribution is -2.12. The monoisotopic (exact) mass is 236 g/mol. The lowest BCUT2D eigenvalue weighted by atomic mass is 10.2. The molecule has 94 valence electrons. The van der Waals surface area contributed by atoms with Gasteiger partial charge in [-0.05, 0) is 18.1 Å². The van der Waals surface area contributed by atoms with E-state index in [-0.39, 0.29) is 5.84 Å². The summed E-state index contributed by atoms with van der Waals surface area (Å²) in [6.45, 7) is 6.04. The van der Waals surface area contributed by atoms with Gasteiger partial charge in [0.2, 0.25) is 0 Å². The summed E-state index contributed by atoms with van der Waals surface area (Å²) in [5.41, 5.74) is 6.07. The number of nitrogens with two attached hydrogens (primary N) is 1. The topological polar surface area (TPSA) is 68.3 Å². The minimum absolute atomic E-state index is 0.0477. The molecule has 4 nitrogen and oxygen atoms in total. The normalized spacial score (nSPS) is 10.5. The molecule has 4 heteroatoms. The van der Waals surface area contributed by atoms with Crippen LogP contribution in [0.25, 0.3) is 0 Å². The molecule has 0 bridgehead atoms. The van der Waals surface area contributed by atoms with E-state index in [1.807, 2.05) is 12.1 Å². The summed E-state index contributed by atoms with van der Waals surface area (Å²) in [5, 5.41) is 7.32. The highest BCUT2D eigenvalue weighted by molar-refractivity contribution is 5.95. The smallest absolute Gasteiger partial charge is 0.122 e. The molecule has 0 fully saturated rings. The van der Waals surface area contributed by atoms with Gasteiger partial charge in [0.05, 0.1) is 6.61 Å². The third-order valence-electron chi connectivity index (χ3n) is 2.09. The molecule has 1 aromatic carbocycles. The van der Waals surface area contributed by atoms with Crippen molar-refractivity contribution in [3.05, 3.63) is 29.8 Å². The SMILES string of the molecule is CC(C)COCCOc1cccc(C(=N)N)c1. The van der Waals surface area contributed by atoms with Crippen molar-refractivity contribution >= 4 is 5.84 Å². The summed E-state index contributed by atoms with van der Waals surface area (Å²) in [6.07, 6.45) is 0. The highest BCUT2D eigenvalue weighted by Gasteiger charge is 1.99. The summed E-state index contributed by atoms with van der Waals surface area (Å²) in [7, 11) is 0. The van der Waals surface area contributed by atoms with Gasteiger partial charge in [-0.2, -0.15) is 0 Å². The van der Waals surface area contributed by atoms with Gasteiger partial charge < -0.3 is 15.2 Å². The van der Waals surface area contributed by atoms with E-state index >= 15 is 0 Å². The summed E-state index contributed by atoms with van der Waals surface area (Å²) < 4.78 is 10.9. The van der Waals surface area contributed by atoms with Gasteiger partial charge in [0.15, 0.2) is 0 Å². The number of benzene rings is 1. The van der Waals surface area contributed by atoms with Gasteiger partial charge in [-0.1, -0.05) is 26.0 Å². The lowest BCUT2D eigenvalue weighted by molar-refractivity contribution is 0.0819. The molecular formula is C13H20N2O2. The van der Waals surface area contributed by atoms with E-state index in [1.165, 1.54) is 0 Å². The van der Waals surface area contributed by atoms with Crippen LogP contribution in [0.15, 0.2) is 24.3 Å². The first-order valence-electron chi connectivity index (χ1n) is 5.74. The molecule has 0 radical (unpaired) electrons. The maximum Gasteiger partial charge on any atom is 0.122 e. The van der Waals surface area contributed by atoms with Crippen LogP contribution in [0, 0.1) is 11.3 Å². The summed E-state index contributed by atoms with van der Waals surface area (Å²) in [4.78, 5) is 0. The molecule has 0 unspecified atom stereocenters. The molecule has 0 spiro atoms. The van der Waals surface area contributed by atoms with Crippen molar-refractivity contribution in [1.82, 2.24) is 0 Å². The summed E-state index contributed by atoms with van der Waals surface area (Å²) >= 11 is 0. The number of hydrogen-bond donors (Lipinski definition) is 2. The van der Waals surface area contributed by atoms with Crippen LogP contribution in [0.4, 0.5) is 0 Å². The Morgan fingerprint density at radius 1 is 1.35 bits per heavy atom. The average molecular weight is 236 g/mol. The van der Waals surface area contributed by atoms with E-state index in [9.17, 15) is 0 Å². The molecular weight excluding hydrogens is 216 g/mol. The van der Waals surface area contributed by atoms with Crippen molar-refractivity contribution in [2.75, 3.05) is 19.8 Å². The lowest BCUT2D eigenvalue weighted by Gasteiger charge is -2.09. The highest BCUT2D eigenvalue weighted by atomic mass is 16.5. The van der Waals surface area contributed by atoms with Crippen molar-refractivity contribution in [3.63, 3.8) is 0 Å². The van der Waals surface area contributed by atoms with Crippen molar-refractivity contribution in [3.8, 4) is 5.75 Å². The van der Waals surface area contributed by atoms with Crippen LogP contribution in [0.2, 0.25) is 0 Å². The quantitative estimate of drug-likeness (QED) is 0.432. The van der Waals surface area contributed by atoms with Gasteiger partial charge in [0, 0.05) is 12.2 Å². The van der Waals surface area contributed by atoms with E-state index in [4.69, 9.17) is 20.6 Å². The number of nitrogen functional groups attached to an aromatic ring is 1. The van der Waals surface area contributed by atoms with Crippen LogP contribution in [0.1, 0.15) is 19.4 Å². The third kappa shape index (κ3) is 5.36. The molecule has 0 aliphatic heterocycles. The standard InChI is InChI=1S/C13H20N2O2/c1-10(2)9-16-6-7-17-12-5-3-4-11(8-12)13(14)15/h3-5,8,10H,6-7,9H2,1-2H3,(H3,14,15). The first kappa shape index (κ1) is 13.5. The van der Waals surface area contributed by atoms with Crippen LogP contribution in [0.3, 0.4) is 0 Å². The fourth-order valence-corrected chi connectivity index (χ4v) is 1.29. The summed E-state index contributed by atoms with van der Waals surface area (Å²) in [5.74, 6) is 1.30. The van der Waals surface area contributed by atoms with E-state index in [0.29, 0.717) is 30.4 Å². The molecule has 3 N–H and O–H groups in total. The van der Waals surface area contributed by atoms with Gasteiger partial charge in [0.25, 0.3) is 0 Å². The Morgan fingerprint density at radius 2 is 2.12 bits per heavy atom. The minimum Gasteiger partial charge on any atom is -0.491 e. The molecule has 17 heavy (non-hydrogen) atoms. The summed E-state index contributed by atoms with van der Waals surface area (Å²) in [6, 6.07) is 7.20. The molecule has 0 aromatic heterocycles. The Hall–Kier alpha value is -1.55. The van der Waals surface area contributed by atoms with E-state index in [2.05, 4.69) is 13.8 Å². The molecule has 0 saturated heterocycles. The second kappa shape index (κ2) is 6.91. The predicted octanol–water partition coefficient (Wildman–Crippen LogP) is 2.02. The van der Waals surface area contributed by atoms with Gasteiger partial charge in [0.1, 0.15) is 18.2 Å². The number of ether oxygens (including phenoxy) is 2. The fourth-order valence-electron chi connectivity index (χ4n) is 1.29. The Kier molecular flexibility index (Phi) is 5.49. The maximum atomic E-state index is 7.32. The van der Waals surface area contributed by atoms with Crippen LogP contribution in [0.5, 0.6) is 5.75 Å². The van der Waals surface area contributed by atoms with Crippen LogP contribution in [-0.2, 0) is 4.74 Å². The van der Waals surface area contributed by atoms with Gasteiger partial charge in [-0.15, -0.1) is 0 Å². The second-order valence-electron chi connectivity index (χ2n) is 4.26. The van der Waals surface area contributed by atoms with E-state index in [0.717, 1.165) is 6.61 Å². The second-order valence-corrected chi connectivity index (χ2v) is 4.26. The first-order valence-corrected chi connectivity index (χ1v) is 5.74. The minimum atomic E-state index is 0.0477. The Morgan fingerprint density at radius 3 is 2.76 bits per heavy atom. The molecule has 0 heterocycles. The Bertz CT molecular complexity index is 364. The predicted molar refractivity (Wildman–Crippen MR) is 68.6 cm³/mol. The first-order chi connectivity index (χ1) is 8.09. The number of rotatable bonds is 7. The van der Waals surface area contributed by atoms with Crippen molar-refractivity contribution in [2.24, 2.45) is 11.7 Å². The zero-order valence-corrected chi connectivity index (χ0v) is 10.4. The highest BCUT2D eigenvalue weighted by Crippen LogP contribution is 2.12. The van der Waals surface area contributed by atoms with Crippen LogP contribution in [-0.4, -0.2) is 25.7 Å². The molecule has 0 amide bonds. The van der Waals surface area contributed by atoms with E-state index < -0.39 is 0 Å². The molecule has 1 rings (SSSR count). The van der Waals surface area contributed by atoms with Gasteiger partial charge >= 0.3 is 0 Å². The van der Waals surface area contributed by atoms with Crippen LogP contribution >= 0.6 is 0 Å². The number of amidine groups is 1. The molecule has 0 aliphatic rings. The third-order valence-corrected chi connectivity index (χ3v) is 2.09. The maximum absolute atomic E-state index is 7.32. The van der Waals surface area contributed by atoms with Gasteiger partial charge in [-0.3, -0.25) is 5.41 Å². The van der Waals surface area contributed by atoms with Crippen molar-refractivity contribution in [1.29, 1.82) is 5.41 Å². The molecule has 0 atom stereocenters. The number of hydrogen-bond acceptors (Lipinski definition) is 3. The Balaban J connectivity index is 2.31. The van der Waals surface area contributed by atoms with E-state index in [1.54, 1.807) is 12.1 Å². The van der Waals surface area contributed by atoms with Gasteiger partial charge in [-0.25, -0.2) is 0 Å². The van der Waals surface area contributed by atoms with Crippen molar-refractivity contribution < 1.29 is 9.47 Å². The molecule has 0 saturated carbocycles. The van der Waals surface area contributed by atoms with Crippen molar-refractivity contribution in [2.45, 2.75) is 13.8 Å². The average Bonchev–Trinajstić information content (AvgIpc) is 2.28. The fraction of sp³-hybridized carbons (Fsp3) is 0.462. The molecule has 1 aromatic rings.